The molecule has 2 aromatic rings. The summed E-state index contributed by atoms with van der Waals surface area (Å²) in [5, 5.41) is 0. The zero-order valence-electron chi connectivity index (χ0n) is 20.4. The maximum atomic E-state index is 13.7. The van der Waals surface area contributed by atoms with Crippen LogP contribution in [0.5, 0.6) is 0 Å². The van der Waals surface area contributed by atoms with Gasteiger partial charge >= 0.3 is 18.4 Å². The lowest BCUT2D eigenvalue weighted by molar-refractivity contribution is -0.143. The summed E-state index contributed by atoms with van der Waals surface area (Å²) in [6.45, 7) is 3.68. The highest BCUT2D eigenvalue weighted by atomic mass is 19.4. The van der Waals surface area contributed by atoms with Gasteiger partial charge in [0.05, 0.1) is 29.3 Å². The smallest absolute Gasteiger partial charge is 0.335 e. The van der Waals surface area contributed by atoms with E-state index >= 15 is 0 Å². The molecule has 2 aliphatic rings. The summed E-state index contributed by atoms with van der Waals surface area (Å²) in [6, 6.07) is 0.600. The van der Waals surface area contributed by atoms with E-state index in [1.807, 2.05) is 6.92 Å². The van der Waals surface area contributed by atoms with Gasteiger partial charge in [-0.15, -0.1) is 0 Å². The first kappa shape index (κ1) is 26.7. The molecule has 0 spiro atoms. The zero-order chi connectivity index (χ0) is 27.3. The van der Waals surface area contributed by atoms with Gasteiger partial charge in [0.15, 0.2) is 0 Å². The van der Waals surface area contributed by atoms with Crippen molar-refractivity contribution in [2.24, 2.45) is 0 Å². The third-order valence-corrected chi connectivity index (χ3v) is 7.28. The highest BCUT2D eigenvalue weighted by Crippen LogP contribution is 2.41. The van der Waals surface area contributed by atoms with Crippen molar-refractivity contribution >= 4 is 11.9 Å². The summed E-state index contributed by atoms with van der Waals surface area (Å²) in [4.78, 5) is 34.7. The fraction of sp³-hybridized carbons (Fsp3) is 0.480. The van der Waals surface area contributed by atoms with Crippen LogP contribution in [0.15, 0.2) is 36.7 Å². The van der Waals surface area contributed by atoms with Crippen molar-refractivity contribution in [1.82, 2.24) is 19.7 Å². The Kier molecular flexibility index (Phi) is 6.89. The second-order valence-electron chi connectivity index (χ2n) is 9.47. The number of pyridine rings is 1. The number of hydrogen-bond donors (Lipinski definition) is 0. The number of alkyl halides is 6. The van der Waals surface area contributed by atoms with Gasteiger partial charge in [-0.2, -0.15) is 26.3 Å². The van der Waals surface area contributed by atoms with Gasteiger partial charge in [0, 0.05) is 39.0 Å². The van der Waals surface area contributed by atoms with E-state index in [9.17, 15) is 35.9 Å². The number of piperazine rings is 1. The van der Waals surface area contributed by atoms with E-state index in [2.05, 4.69) is 4.98 Å². The number of urea groups is 1. The van der Waals surface area contributed by atoms with Crippen molar-refractivity contribution in [3.05, 3.63) is 64.5 Å². The number of rotatable bonds is 3. The van der Waals surface area contributed by atoms with Crippen LogP contribution in [0.1, 0.15) is 59.7 Å². The first-order chi connectivity index (χ1) is 17.2. The molecule has 2 fully saturated rings. The number of carbonyl (C=O) groups excluding carboxylic acids is 2. The third-order valence-electron chi connectivity index (χ3n) is 7.28. The molecule has 0 bridgehead atoms. The Morgan fingerprint density at radius 1 is 1.08 bits per heavy atom. The molecule has 0 unspecified atom stereocenters. The molecule has 2 aliphatic heterocycles. The number of carbonyl (C=O) groups is 2. The average Bonchev–Trinajstić information content (AvgIpc) is 3.22. The standard InChI is InChI=1S/C25H26F6N4O2/c1-14-6-7-32-13-19(14)22-20-4-5-21(36)34(20)8-9-35(22)23(37)33(3)15(2)16-10-17(24(26,27)28)12-18(11-16)25(29,30)31/h6-7,10-13,15,20,22H,4-5,8-9H2,1-3H3/t15-,20+,22+/m1/s1. The Labute approximate surface area is 209 Å². The maximum absolute atomic E-state index is 13.7. The Bertz CT molecular complexity index is 1170. The van der Waals surface area contributed by atoms with Crippen molar-refractivity contribution in [1.29, 1.82) is 0 Å². The van der Waals surface area contributed by atoms with Gasteiger partial charge in [-0.05, 0) is 61.2 Å². The molecule has 4 rings (SSSR count). The van der Waals surface area contributed by atoms with Crippen LogP contribution in [-0.4, -0.2) is 57.8 Å². The number of halogens is 6. The van der Waals surface area contributed by atoms with Gasteiger partial charge < -0.3 is 14.7 Å². The lowest BCUT2D eigenvalue weighted by atomic mass is 9.92. The molecule has 12 heteroatoms. The van der Waals surface area contributed by atoms with Crippen molar-refractivity contribution in [2.75, 3.05) is 20.1 Å². The summed E-state index contributed by atoms with van der Waals surface area (Å²) >= 11 is 0. The molecule has 2 saturated heterocycles. The quantitative estimate of drug-likeness (QED) is 0.489. The Morgan fingerprint density at radius 3 is 2.27 bits per heavy atom. The van der Waals surface area contributed by atoms with E-state index in [0.717, 1.165) is 16.0 Å². The van der Waals surface area contributed by atoms with E-state index in [1.54, 1.807) is 28.3 Å². The maximum Gasteiger partial charge on any atom is 0.416 e. The molecule has 3 heterocycles. The molecule has 0 saturated carbocycles. The van der Waals surface area contributed by atoms with E-state index < -0.39 is 41.6 Å². The van der Waals surface area contributed by atoms with Crippen LogP contribution in [0.4, 0.5) is 31.1 Å². The minimum atomic E-state index is -4.99. The minimum Gasteiger partial charge on any atom is -0.335 e. The van der Waals surface area contributed by atoms with Crippen LogP contribution in [0.3, 0.4) is 0 Å². The van der Waals surface area contributed by atoms with E-state index in [1.165, 1.54) is 14.0 Å². The van der Waals surface area contributed by atoms with Crippen molar-refractivity contribution in [2.45, 2.75) is 57.2 Å². The molecule has 6 nitrogen and oxygen atoms in total. The first-order valence-corrected chi connectivity index (χ1v) is 11.7. The molecule has 37 heavy (non-hydrogen) atoms. The number of fused-ring (bicyclic) bond motifs is 1. The lowest BCUT2D eigenvalue weighted by Gasteiger charge is -2.47. The summed E-state index contributed by atoms with van der Waals surface area (Å²) in [6.07, 6.45) is -5.91. The number of benzene rings is 1. The predicted molar refractivity (Wildman–Crippen MR) is 121 cm³/mol. The zero-order valence-corrected chi connectivity index (χ0v) is 20.4. The van der Waals surface area contributed by atoms with E-state index in [4.69, 9.17) is 0 Å². The van der Waals surface area contributed by atoms with E-state index in [0.29, 0.717) is 25.0 Å². The lowest BCUT2D eigenvalue weighted by Crippen LogP contribution is -2.57. The highest BCUT2D eigenvalue weighted by Gasteiger charge is 2.46. The monoisotopic (exact) mass is 528 g/mol. The Hall–Kier alpha value is -3.31. The van der Waals surface area contributed by atoms with Gasteiger partial charge in [0.25, 0.3) is 0 Å². The van der Waals surface area contributed by atoms with Crippen LogP contribution < -0.4 is 0 Å². The molecule has 1 aromatic carbocycles. The minimum absolute atomic E-state index is 0.0194. The molecular weight excluding hydrogens is 502 g/mol. The number of nitrogens with zero attached hydrogens (tertiary/aromatic N) is 4. The van der Waals surface area contributed by atoms with Crippen molar-refractivity contribution in [3.8, 4) is 0 Å². The molecule has 0 aliphatic carbocycles. The largest absolute Gasteiger partial charge is 0.416 e. The number of aryl methyl sites for hydroxylation is 1. The van der Waals surface area contributed by atoms with Crippen molar-refractivity contribution < 1.29 is 35.9 Å². The van der Waals surface area contributed by atoms with Gasteiger partial charge in [-0.3, -0.25) is 9.78 Å². The molecule has 3 amide bonds. The van der Waals surface area contributed by atoms with Gasteiger partial charge in [-0.1, -0.05) is 0 Å². The third kappa shape index (κ3) is 5.10. The van der Waals surface area contributed by atoms with Gasteiger partial charge in [0.2, 0.25) is 5.91 Å². The molecule has 0 radical (unpaired) electrons. The van der Waals surface area contributed by atoms with Crippen LogP contribution in [0.25, 0.3) is 0 Å². The van der Waals surface area contributed by atoms with Crippen LogP contribution in [-0.2, 0) is 17.1 Å². The average molecular weight is 528 g/mol. The molecule has 1 aromatic heterocycles. The second-order valence-corrected chi connectivity index (χ2v) is 9.47. The Morgan fingerprint density at radius 2 is 1.70 bits per heavy atom. The Balaban J connectivity index is 1.69. The summed E-state index contributed by atoms with van der Waals surface area (Å²) < 4.78 is 80.3. The predicted octanol–water partition coefficient (Wildman–Crippen LogP) is 5.59. The second kappa shape index (κ2) is 9.53. The fourth-order valence-electron chi connectivity index (χ4n) is 5.12. The van der Waals surface area contributed by atoms with Crippen molar-refractivity contribution in [3.63, 3.8) is 0 Å². The summed E-state index contributed by atoms with van der Waals surface area (Å²) in [5.41, 5.74) is -1.58. The summed E-state index contributed by atoms with van der Waals surface area (Å²) in [7, 11) is 1.35. The first-order valence-electron chi connectivity index (χ1n) is 11.7. The van der Waals surface area contributed by atoms with E-state index in [-0.39, 0.29) is 36.7 Å². The molecule has 3 atom stereocenters. The fourth-order valence-corrected chi connectivity index (χ4v) is 5.12. The highest BCUT2D eigenvalue weighted by molar-refractivity contribution is 5.81. The van der Waals surface area contributed by atoms with Crippen LogP contribution >= 0.6 is 0 Å². The number of aromatic nitrogens is 1. The van der Waals surface area contributed by atoms with Crippen LogP contribution in [0, 0.1) is 6.92 Å². The number of amides is 3. The molecule has 200 valence electrons. The van der Waals surface area contributed by atoms with Crippen LogP contribution in [0.2, 0.25) is 0 Å². The SMILES string of the molecule is Cc1ccncc1[C@H]1[C@@H]2CCC(=O)N2CCN1C(=O)N(C)[C@H](C)c1cc(C(F)(F)F)cc(C(F)(F)F)c1. The molecular formula is C25H26F6N4O2. The van der Waals surface area contributed by atoms with Gasteiger partial charge in [-0.25, -0.2) is 4.79 Å². The normalized spacial score (nSPS) is 21.2. The topological polar surface area (TPSA) is 56.8 Å². The summed E-state index contributed by atoms with van der Waals surface area (Å²) in [5.74, 6) is -0.0194. The molecule has 0 N–H and O–H groups in total. The van der Waals surface area contributed by atoms with Gasteiger partial charge in [0.1, 0.15) is 0 Å². The number of hydrogen-bond acceptors (Lipinski definition) is 3.